The molecule has 0 bridgehead atoms. The summed E-state index contributed by atoms with van der Waals surface area (Å²) in [6.45, 7) is 7.00. The van der Waals surface area contributed by atoms with Crippen molar-refractivity contribution in [1.29, 1.82) is 0 Å². The van der Waals surface area contributed by atoms with Gasteiger partial charge in [-0.25, -0.2) is 8.42 Å². The first kappa shape index (κ1) is 23.8. The first-order valence-corrected chi connectivity index (χ1v) is 13.9. The van der Waals surface area contributed by atoms with E-state index in [1.807, 2.05) is 29.0 Å². The highest BCUT2D eigenvalue weighted by atomic mass is 32.2. The van der Waals surface area contributed by atoms with Gasteiger partial charge in [-0.3, -0.25) is 0 Å². The third-order valence-corrected chi connectivity index (χ3v) is 5.50. The molecule has 0 aliphatic rings. The molecule has 0 atom stereocenters. The molecule has 1 heterocycles. The summed E-state index contributed by atoms with van der Waals surface area (Å²) >= 11 is 0. The lowest BCUT2D eigenvalue weighted by atomic mass is 10.1. The molecular weight excluding hydrogens is 437 g/mol. The summed E-state index contributed by atoms with van der Waals surface area (Å²) in [7, 11) is -7.41. The van der Waals surface area contributed by atoms with Gasteiger partial charge in [-0.2, -0.15) is 13.2 Å². The average molecular weight is 459 g/mol. The number of rotatable bonds is 4. The summed E-state index contributed by atoms with van der Waals surface area (Å²) in [5.41, 5.74) is -1.45. The lowest BCUT2D eigenvalue weighted by Crippen LogP contribution is -2.46. The maximum Gasteiger partial charge on any atom is 0.485 e. The summed E-state index contributed by atoms with van der Waals surface area (Å²) in [5, 5.41) is 4.36. The fourth-order valence-electron chi connectivity index (χ4n) is 2.49. The van der Waals surface area contributed by atoms with Crippen molar-refractivity contribution in [3.8, 4) is 22.5 Å². The van der Waals surface area contributed by atoms with Crippen molar-refractivity contribution in [3.63, 3.8) is 0 Å². The minimum Gasteiger partial charge on any atom is -0.741 e. The second-order valence-corrected chi connectivity index (χ2v) is 14.4. The number of benzene rings is 2. The van der Waals surface area contributed by atoms with Crippen LogP contribution in [0.1, 0.15) is 0 Å². The molecule has 0 aliphatic heterocycles. The summed E-state index contributed by atoms with van der Waals surface area (Å²) in [6.07, 6.45) is 0.914. The predicted octanol–water partition coefficient (Wildman–Crippen LogP) is 4.22. The van der Waals surface area contributed by atoms with Gasteiger partial charge in [0.2, 0.25) is 5.69 Å². The topological polar surface area (TPSA) is 87.1 Å². The van der Waals surface area contributed by atoms with Crippen molar-refractivity contribution in [3.05, 3.63) is 60.7 Å². The van der Waals surface area contributed by atoms with Crippen LogP contribution in [-0.2, 0) is 16.3 Å². The van der Waals surface area contributed by atoms with E-state index in [9.17, 15) is 13.2 Å². The summed E-state index contributed by atoms with van der Waals surface area (Å²) in [5.74, 6) is 0. The highest BCUT2D eigenvalue weighted by molar-refractivity contribution is 7.86. The average Bonchev–Trinajstić information content (AvgIpc) is 3.04. The second-order valence-electron chi connectivity index (χ2n) is 7.60. The van der Waals surface area contributed by atoms with Crippen LogP contribution < -0.4 is 4.74 Å². The number of hydrogen-bond acceptors (Lipinski definition) is 5. The van der Waals surface area contributed by atoms with Crippen molar-refractivity contribution in [2.24, 2.45) is 0 Å². The largest absolute Gasteiger partial charge is 0.741 e. The summed E-state index contributed by atoms with van der Waals surface area (Å²) < 4.78 is 66.5. The Labute approximate surface area is 173 Å². The Balaban J connectivity index is 0.000000343. The zero-order valence-electron chi connectivity index (χ0n) is 16.6. The quantitative estimate of drug-likeness (QED) is 0.253. The Morgan fingerprint density at radius 2 is 1.40 bits per heavy atom. The summed E-state index contributed by atoms with van der Waals surface area (Å²) in [6, 6.07) is 20.6. The van der Waals surface area contributed by atoms with E-state index in [2.05, 4.69) is 61.2 Å². The van der Waals surface area contributed by atoms with E-state index < -0.39 is 23.7 Å². The molecule has 0 fully saturated rings. The third kappa shape index (κ3) is 6.51. The number of halogens is 3. The molecule has 0 saturated carbocycles. The molecule has 6 nitrogen and oxygen atoms in total. The van der Waals surface area contributed by atoms with Gasteiger partial charge < -0.3 is 4.55 Å². The van der Waals surface area contributed by atoms with Gasteiger partial charge in [0, 0.05) is 11.1 Å². The minimum absolute atomic E-state index is 0.907. The normalized spacial score (nSPS) is 12.2. The Kier molecular flexibility index (Phi) is 7.21. The fraction of sp³-hybridized carbons (Fsp3) is 0.263. The zero-order chi connectivity index (χ0) is 22.6. The standard InChI is InChI=1S/C18H21N2OSi.CHF3O3S/c1-22(2,3)14-20-18(16-12-8-5-9-13-16)17(19-21-20)15-10-6-4-7-11-15;2-1(3,4)8(5,6)7/h4-13H,14H2,1-3H3;(H,5,6,7)/q+1;/p-1. The predicted molar refractivity (Wildman–Crippen MR) is 107 cm³/mol. The number of hydrogen-bond donors (Lipinski definition) is 0. The van der Waals surface area contributed by atoms with Crippen molar-refractivity contribution in [1.82, 2.24) is 5.16 Å². The molecule has 0 unspecified atom stereocenters. The van der Waals surface area contributed by atoms with Crippen LogP contribution in [0.3, 0.4) is 0 Å². The van der Waals surface area contributed by atoms with E-state index >= 15 is 0 Å². The smallest absolute Gasteiger partial charge is 0.485 e. The van der Waals surface area contributed by atoms with E-state index in [-0.39, 0.29) is 0 Å². The monoisotopic (exact) mass is 458 g/mol. The molecule has 0 aliphatic carbocycles. The van der Waals surface area contributed by atoms with E-state index in [0.29, 0.717) is 0 Å². The highest BCUT2D eigenvalue weighted by Crippen LogP contribution is 2.28. The molecular formula is C19H21F3N2O4SSi. The van der Waals surface area contributed by atoms with Crippen LogP contribution in [0.5, 0.6) is 0 Å². The molecule has 1 aromatic heterocycles. The molecule has 3 aromatic rings. The molecule has 3 rings (SSSR count). The Morgan fingerprint density at radius 1 is 0.967 bits per heavy atom. The van der Waals surface area contributed by atoms with Crippen LogP contribution in [-0.4, -0.2) is 31.7 Å². The van der Waals surface area contributed by atoms with Crippen LogP contribution in [0, 0.1) is 0 Å². The highest BCUT2D eigenvalue weighted by Gasteiger charge is 2.37. The second kappa shape index (κ2) is 9.10. The van der Waals surface area contributed by atoms with Gasteiger partial charge in [-0.1, -0.05) is 89.7 Å². The van der Waals surface area contributed by atoms with Crippen LogP contribution in [0.2, 0.25) is 19.6 Å². The first-order valence-electron chi connectivity index (χ1n) is 8.82. The van der Waals surface area contributed by atoms with Crippen LogP contribution in [0.15, 0.2) is 65.3 Å². The van der Waals surface area contributed by atoms with Gasteiger partial charge in [0.15, 0.2) is 15.3 Å². The molecule has 30 heavy (non-hydrogen) atoms. The Morgan fingerprint density at radius 3 is 1.80 bits per heavy atom. The lowest BCUT2D eigenvalue weighted by molar-refractivity contribution is -0.852. The summed E-state index contributed by atoms with van der Waals surface area (Å²) in [4.78, 5) is 0. The molecule has 0 spiro atoms. The Bertz CT molecular complexity index is 1060. The van der Waals surface area contributed by atoms with E-state index in [4.69, 9.17) is 17.6 Å². The van der Waals surface area contributed by atoms with Crippen molar-refractivity contribution < 1.29 is 35.5 Å². The van der Waals surface area contributed by atoms with Crippen molar-refractivity contribution in [2.45, 2.75) is 31.3 Å². The first-order chi connectivity index (χ1) is 13.8. The molecule has 0 radical (unpaired) electrons. The molecule has 0 amide bonds. The van der Waals surface area contributed by atoms with Crippen molar-refractivity contribution >= 4 is 18.2 Å². The minimum atomic E-state index is -6.09. The van der Waals surface area contributed by atoms with E-state index in [0.717, 1.165) is 28.7 Å². The SMILES string of the molecule is C[Si](C)(C)C[n+]1onc(-c2ccccc2)c1-c1ccccc1.O=S(=O)([O-])C(F)(F)F. The van der Waals surface area contributed by atoms with Crippen LogP contribution in [0.4, 0.5) is 13.2 Å². The molecule has 0 N–H and O–H groups in total. The molecule has 0 saturated heterocycles. The maximum absolute atomic E-state index is 10.7. The molecule has 2 aromatic carbocycles. The van der Waals surface area contributed by atoms with Gasteiger partial charge >= 0.3 is 5.51 Å². The van der Waals surface area contributed by atoms with Gasteiger partial charge in [0.1, 0.15) is 6.17 Å². The number of nitrogens with zero attached hydrogens (tertiary/aromatic N) is 2. The fourth-order valence-corrected chi connectivity index (χ4v) is 3.57. The van der Waals surface area contributed by atoms with Crippen LogP contribution in [0.25, 0.3) is 22.5 Å². The van der Waals surface area contributed by atoms with Crippen molar-refractivity contribution in [2.75, 3.05) is 0 Å². The lowest BCUT2D eigenvalue weighted by Gasteiger charge is -2.11. The molecule has 162 valence electrons. The molecule has 11 heteroatoms. The number of alkyl halides is 3. The van der Waals surface area contributed by atoms with Gasteiger partial charge in [0.25, 0.3) is 5.69 Å². The van der Waals surface area contributed by atoms with Crippen LogP contribution >= 0.6 is 0 Å². The van der Waals surface area contributed by atoms with Gasteiger partial charge in [0.05, 0.1) is 8.07 Å². The van der Waals surface area contributed by atoms with E-state index in [1.165, 1.54) is 0 Å². The van der Waals surface area contributed by atoms with Gasteiger partial charge in [-0.05, 0) is 0 Å². The third-order valence-electron chi connectivity index (χ3n) is 3.70. The Hall–Kier alpha value is -2.50. The number of aromatic nitrogens is 2. The van der Waals surface area contributed by atoms with Gasteiger partial charge in [-0.15, -0.1) is 0 Å². The zero-order valence-corrected chi connectivity index (χ0v) is 18.4. The maximum atomic E-state index is 10.7. The van der Waals surface area contributed by atoms with E-state index in [1.54, 1.807) is 0 Å².